The molecule has 0 saturated carbocycles. The fraction of sp³-hybridized carbons (Fsp3) is 0.750. The van der Waals surface area contributed by atoms with Crippen molar-refractivity contribution in [3.8, 4) is 0 Å². The van der Waals surface area contributed by atoms with Gasteiger partial charge in [0.1, 0.15) is 0 Å². The third kappa shape index (κ3) is 6.12. The number of aliphatic carboxylic acids is 1. The van der Waals surface area contributed by atoms with Gasteiger partial charge in [-0.05, 0) is 18.8 Å². The van der Waals surface area contributed by atoms with Gasteiger partial charge in [0.15, 0.2) is 9.84 Å². The molecule has 0 aromatic carbocycles. The fourth-order valence-electron chi connectivity index (χ4n) is 4.57. The number of ether oxygens (including phenoxy) is 1. The van der Waals surface area contributed by atoms with Crippen LogP contribution in [0.15, 0.2) is 6.20 Å². The fourth-order valence-corrected chi connectivity index (χ4v) is 6.59. The number of nitrogens with zero attached hydrogens (tertiary/aromatic N) is 4. The standard InChI is InChI=1S/C18H28N4O3S.C2HF3O2/c1-13-4-3-5-22(9-13)18-19-8-14-12-26(23,24)16-11-21(6-7-25-2)10-15(16)17(14)20-18;3-2(4,5)1(6)7/h8,13,15-16H,3-7,9-12H2,1-2H3;(H,6,7)/t13?,15-,16+;/m0./s1. The van der Waals surface area contributed by atoms with E-state index in [1.165, 1.54) is 6.42 Å². The minimum atomic E-state index is -5.08. The molecule has 0 bridgehead atoms. The van der Waals surface area contributed by atoms with Crippen molar-refractivity contribution in [2.75, 3.05) is 51.3 Å². The number of aromatic nitrogens is 2. The maximum atomic E-state index is 12.8. The van der Waals surface area contributed by atoms with Gasteiger partial charge in [-0.2, -0.15) is 13.2 Å². The highest BCUT2D eigenvalue weighted by atomic mass is 32.2. The maximum absolute atomic E-state index is 12.8. The van der Waals surface area contributed by atoms with Crippen molar-refractivity contribution in [3.63, 3.8) is 0 Å². The van der Waals surface area contributed by atoms with E-state index in [9.17, 15) is 21.6 Å². The van der Waals surface area contributed by atoms with E-state index < -0.39 is 22.0 Å². The van der Waals surface area contributed by atoms with Crippen LogP contribution in [0.4, 0.5) is 19.1 Å². The van der Waals surface area contributed by atoms with Gasteiger partial charge in [-0.15, -0.1) is 0 Å². The van der Waals surface area contributed by atoms with E-state index in [2.05, 4.69) is 21.7 Å². The lowest BCUT2D eigenvalue weighted by Gasteiger charge is -2.32. The SMILES string of the molecule is COCCN1C[C@@H]2c3nc(N4CCCC(C)C4)ncc3CS(=O)(=O)[C@@H]2C1.O=C(O)C(F)(F)F. The van der Waals surface area contributed by atoms with Gasteiger partial charge in [0.2, 0.25) is 5.95 Å². The number of carboxylic acid groups (broad SMARTS) is 1. The van der Waals surface area contributed by atoms with Crippen molar-refractivity contribution in [1.82, 2.24) is 14.9 Å². The molecule has 3 atom stereocenters. The van der Waals surface area contributed by atoms with Gasteiger partial charge < -0.3 is 14.7 Å². The van der Waals surface area contributed by atoms with Gasteiger partial charge in [-0.25, -0.2) is 23.2 Å². The summed E-state index contributed by atoms with van der Waals surface area (Å²) in [4.78, 5) is 22.7. The van der Waals surface area contributed by atoms with Gasteiger partial charge >= 0.3 is 12.1 Å². The third-order valence-corrected chi connectivity index (χ3v) is 8.30. The van der Waals surface area contributed by atoms with E-state index in [1.54, 1.807) is 13.3 Å². The number of carbonyl (C=O) groups is 1. The van der Waals surface area contributed by atoms with Crippen molar-refractivity contribution in [1.29, 1.82) is 0 Å². The summed E-state index contributed by atoms with van der Waals surface area (Å²) in [5, 5.41) is 6.77. The topological polar surface area (TPSA) is 113 Å². The first-order valence-electron chi connectivity index (χ1n) is 10.8. The smallest absolute Gasteiger partial charge is 0.475 e. The van der Waals surface area contributed by atoms with Gasteiger partial charge in [0.05, 0.1) is 23.3 Å². The lowest BCUT2D eigenvalue weighted by atomic mass is 9.99. The number of halogens is 3. The molecule has 0 radical (unpaired) electrons. The molecule has 1 aromatic rings. The van der Waals surface area contributed by atoms with E-state index in [0.29, 0.717) is 19.1 Å². The van der Waals surface area contributed by atoms with Crippen molar-refractivity contribution < 1.29 is 36.2 Å². The molecule has 4 heterocycles. The van der Waals surface area contributed by atoms with Crippen molar-refractivity contribution >= 4 is 21.8 Å². The molecule has 33 heavy (non-hydrogen) atoms. The Morgan fingerprint density at radius 1 is 1.30 bits per heavy atom. The number of alkyl halides is 3. The Morgan fingerprint density at radius 2 is 2.00 bits per heavy atom. The molecule has 4 rings (SSSR count). The molecule has 3 aliphatic heterocycles. The number of hydrogen-bond acceptors (Lipinski definition) is 8. The van der Waals surface area contributed by atoms with Crippen LogP contribution in [-0.4, -0.2) is 92.2 Å². The molecule has 0 aliphatic carbocycles. The van der Waals surface area contributed by atoms with Crippen molar-refractivity contribution in [2.24, 2.45) is 5.92 Å². The number of rotatable bonds is 4. The predicted molar refractivity (Wildman–Crippen MR) is 114 cm³/mol. The Kier molecular flexibility index (Phi) is 7.84. The van der Waals surface area contributed by atoms with E-state index in [1.807, 2.05) is 0 Å². The highest BCUT2D eigenvalue weighted by Crippen LogP contribution is 2.39. The summed E-state index contributed by atoms with van der Waals surface area (Å²) < 4.78 is 62.4. The highest BCUT2D eigenvalue weighted by molar-refractivity contribution is 7.91. The minimum Gasteiger partial charge on any atom is -0.475 e. The van der Waals surface area contributed by atoms with E-state index >= 15 is 0 Å². The molecule has 0 amide bonds. The van der Waals surface area contributed by atoms with Crippen LogP contribution in [0, 0.1) is 5.92 Å². The Balaban J connectivity index is 0.000000383. The van der Waals surface area contributed by atoms with Crippen LogP contribution in [0.3, 0.4) is 0 Å². The van der Waals surface area contributed by atoms with E-state index in [-0.39, 0.29) is 16.9 Å². The lowest BCUT2D eigenvalue weighted by molar-refractivity contribution is -0.192. The minimum absolute atomic E-state index is 0.0513. The molecule has 1 unspecified atom stereocenters. The summed E-state index contributed by atoms with van der Waals surface area (Å²) in [5.74, 6) is -1.33. The lowest BCUT2D eigenvalue weighted by Crippen LogP contribution is -2.38. The number of piperidine rings is 1. The van der Waals surface area contributed by atoms with E-state index in [4.69, 9.17) is 19.6 Å². The molecule has 9 nitrogen and oxygen atoms in total. The Bertz CT molecular complexity index is 960. The zero-order valence-corrected chi connectivity index (χ0v) is 19.4. The summed E-state index contributed by atoms with van der Waals surface area (Å²) in [6.45, 7) is 6.91. The molecule has 1 aromatic heterocycles. The molecule has 13 heteroatoms. The number of hydrogen-bond donors (Lipinski definition) is 1. The van der Waals surface area contributed by atoms with Crippen LogP contribution in [0.5, 0.6) is 0 Å². The summed E-state index contributed by atoms with van der Waals surface area (Å²) in [6, 6.07) is 0. The first kappa shape index (κ1) is 25.6. The van der Waals surface area contributed by atoms with Crippen LogP contribution < -0.4 is 4.90 Å². The Morgan fingerprint density at radius 3 is 2.61 bits per heavy atom. The molecule has 2 saturated heterocycles. The second-order valence-corrected chi connectivity index (χ2v) is 11.0. The number of carboxylic acids is 1. The number of likely N-dealkylation sites (tertiary alicyclic amines) is 1. The zero-order chi connectivity index (χ0) is 24.4. The summed E-state index contributed by atoms with van der Waals surface area (Å²) in [5.41, 5.74) is 1.74. The number of fused-ring (bicyclic) bond motifs is 3. The largest absolute Gasteiger partial charge is 0.490 e. The molecule has 186 valence electrons. The quantitative estimate of drug-likeness (QED) is 0.668. The van der Waals surface area contributed by atoms with Crippen LogP contribution in [-0.2, 0) is 25.1 Å². The molecule has 3 aliphatic rings. The summed E-state index contributed by atoms with van der Waals surface area (Å²) in [7, 11) is -1.48. The summed E-state index contributed by atoms with van der Waals surface area (Å²) in [6.07, 6.45) is -0.922. The first-order chi connectivity index (χ1) is 15.4. The first-order valence-corrected chi connectivity index (χ1v) is 12.5. The predicted octanol–water partition coefficient (Wildman–Crippen LogP) is 1.69. The average Bonchev–Trinajstić information content (AvgIpc) is 3.17. The number of sulfone groups is 1. The highest BCUT2D eigenvalue weighted by Gasteiger charge is 2.47. The van der Waals surface area contributed by atoms with Crippen LogP contribution in [0.2, 0.25) is 0 Å². The average molecular weight is 495 g/mol. The maximum Gasteiger partial charge on any atom is 0.490 e. The van der Waals surface area contributed by atoms with Crippen molar-refractivity contribution in [2.45, 2.75) is 42.9 Å². The normalized spacial score (nSPS) is 26.7. The molecule has 0 spiro atoms. The number of methoxy groups -OCH3 is 1. The molecule has 1 N–H and O–H groups in total. The van der Waals surface area contributed by atoms with Crippen molar-refractivity contribution in [3.05, 3.63) is 17.5 Å². The molecular weight excluding hydrogens is 465 g/mol. The zero-order valence-electron chi connectivity index (χ0n) is 18.6. The molecular formula is C20H29F3N4O5S. The second kappa shape index (κ2) is 10.1. The monoisotopic (exact) mass is 494 g/mol. The van der Waals surface area contributed by atoms with Gasteiger partial charge in [-0.3, -0.25) is 4.90 Å². The van der Waals surface area contributed by atoms with Crippen LogP contribution in [0.25, 0.3) is 0 Å². The van der Waals surface area contributed by atoms with Gasteiger partial charge in [0.25, 0.3) is 0 Å². The Labute approximate surface area is 190 Å². The number of anilines is 1. The molecule has 2 fully saturated rings. The second-order valence-electron chi connectivity index (χ2n) is 8.78. The third-order valence-electron chi connectivity index (χ3n) is 6.19. The summed E-state index contributed by atoms with van der Waals surface area (Å²) >= 11 is 0. The van der Waals surface area contributed by atoms with Gasteiger partial charge in [0, 0.05) is 57.5 Å². The van der Waals surface area contributed by atoms with Crippen LogP contribution >= 0.6 is 0 Å². The Hall–Kier alpha value is -1.99. The van der Waals surface area contributed by atoms with E-state index in [0.717, 1.165) is 49.8 Å². The van der Waals surface area contributed by atoms with Gasteiger partial charge in [-0.1, -0.05) is 6.92 Å². The van der Waals surface area contributed by atoms with Crippen LogP contribution in [0.1, 0.15) is 36.9 Å².